The third kappa shape index (κ3) is 4.37. The fourth-order valence-corrected chi connectivity index (χ4v) is 5.75. The Morgan fingerprint density at radius 1 is 1.18 bits per heavy atom. The summed E-state index contributed by atoms with van der Waals surface area (Å²) in [6.45, 7) is 0. The molecule has 8 nitrogen and oxygen atoms in total. The molecule has 0 aliphatic carbocycles. The lowest BCUT2D eigenvalue weighted by molar-refractivity contribution is 0.0282. The largest absolute Gasteiger partial charge is 0.393 e. The molecule has 0 radical (unpaired) electrons. The van der Waals surface area contributed by atoms with Crippen molar-refractivity contribution in [1.29, 1.82) is 0 Å². The zero-order valence-corrected chi connectivity index (χ0v) is 19.0. The Morgan fingerprint density at radius 2 is 1.85 bits per heavy atom. The van der Waals surface area contributed by atoms with E-state index in [9.17, 15) is 22.7 Å². The normalized spacial score (nSPS) is 22.8. The van der Waals surface area contributed by atoms with Gasteiger partial charge >= 0.3 is 0 Å². The number of sulfone groups is 1. The summed E-state index contributed by atoms with van der Waals surface area (Å²) in [6, 6.07) is 7.64. The predicted molar refractivity (Wildman–Crippen MR) is 120 cm³/mol. The number of piperidine rings is 1. The summed E-state index contributed by atoms with van der Waals surface area (Å²) in [5.41, 5.74) is 2.18. The molecule has 2 aliphatic heterocycles. The highest BCUT2D eigenvalue weighted by Crippen LogP contribution is 2.37. The van der Waals surface area contributed by atoms with Crippen LogP contribution >= 0.6 is 0 Å². The Kier molecular flexibility index (Phi) is 5.44. The van der Waals surface area contributed by atoms with Gasteiger partial charge in [-0.1, -0.05) is 12.1 Å². The maximum absolute atomic E-state index is 13.3. The van der Waals surface area contributed by atoms with Crippen LogP contribution in [0.5, 0.6) is 0 Å². The summed E-state index contributed by atoms with van der Waals surface area (Å²) < 4.78 is 38.7. The Balaban J connectivity index is 1.52. The average molecular weight is 473 g/mol. The Bertz CT molecular complexity index is 1310. The SMILES string of the molecule is CS(=O)(=O)Cn1nc(Cc2ccc(F)cc2)c2cnc(C(=O)N3C4CCC3CC(O)C4)cc21. The average Bonchev–Trinajstić information content (AvgIpc) is 3.22. The Morgan fingerprint density at radius 3 is 2.48 bits per heavy atom. The highest BCUT2D eigenvalue weighted by atomic mass is 32.2. The van der Waals surface area contributed by atoms with Gasteiger partial charge in [0.15, 0.2) is 9.84 Å². The van der Waals surface area contributed by atoms with Crippen molar-refractivity contribution in [3.05, 3.63) is 59.3 Å². The lowest BCUT2D eigenvalue weighted by Crippen LogP contribution is -2.48. The number of hydrogen-bond acceptors (Lipinski definition) is 6. The first kappa shape index (κ1) is 22.0. The van der Waals surface area contributed by atoms with Crippen molar-refractivity contribution < 1.29 is 22.7 Å². The third-order valence-corrected chi connectivity index (χ3v) is 7.23. The van der Waals surface area contributed by atoms with Crippen LogP contribution in [0.4, 0.5) is 4.39 Å². The van der Waals surface area contributed by atoms with Crippen molar-refractivity contribution in [2.45, 2.75) is 56.2 Å². The highest BCUT2D eigenvalue weighted by Gasteiger charge is 2.43. The number of hydrogen-bond donors (Lipinski definition) is 1. The molecule has 174 valence electrons. The van der Waals surface area contributed by atoms with Gasteiger partial charge in [0.25, 0.3) is 5.91 Å². The van der Waals surface area contributed by atoms with Crippen molar-refractivity contribution in [1.82, 2.24) is 19.7 Å². The minimum atomic E-state index is -3.39. The zero-order valence-electron chi connectivity index (χ0n) is 18.2. The lowest BCUT2D eigenvalue weighted by Gasteiger charge is -2.37. The number of rotatable bonds is 5. The first-order chi connectivity index (χ1) is 15.7. The smallest absolute Gasteiger partial charge is 0.273 e. The van der Waals surface area contributed by atoms with Gasteiger partial charge in [0.2, 0.25) is 0 Å². The first-order valence-corrected chi connectivity index (χ1v) is 13.0. The zero-order chi connectivity index (χ0) is 23.3. The molecule has 2 aromatic heterocycles. The molecule has 2 unspecified atom stereocenters. The number of halogens is 1. The molecule has 1 amide bonds. The molecule has 4 heterocycles. The molecule has 5 rings (SSSR count). The van der Waals surface area contributed by atoms with Gasteiger partial charge in [0, 0.05) is 36.3 Å². The molecule has 2 saturated heterocycles. The Hall–Kier alpha value is -2.85. The van der Waals surface area contributed by atoms with Gasteiger partial charge in [-0.25, -0.2) is 17.5 Å². The van der Waals surface area contributed by atoms with E-state index in [0.29, 0.717) is 35.9 Å². The van der Waals surface area contributed by atoms with Crippen LogP contribution in [-0.2, 0) is 22.1 Å². The van der Waals surface area contributed by atoms with Crippen LogP contribution < -0.4 is 0 Å². The highest BCUT2D eigenvalue weighted by molar-refractivity contribution is 7.89. The Labute approximate surface area is 191 Å². The van der Waals surface area contributed by atoms with Gasteiger partial charge in [-0.2, -0.15) is 5.10 Å². The van der Waals surface area contributed by atoms with Gasteiger partial charge in [0.1, 0.15) is 17.4 Å². The van der Waals surface area contributed by atoms with Crippen molar-refractivity contribution >= 4 is 26.6 Å². The van der Waals surface area contributed by atoms with Crippen LogP contribution in [0.15, 0.2) is 36.5 Å². The first-order valence-electron chi connectivity index (χ1n) is 11.0. The molecule has 2 aliphatic rings. The van der Waals surface area contributed by atoms with Gasteiger partial charge in [0.05, 0.1) is 17.3 Å². The number of pyridine rings is 1. The molecule has 1 aromatic carbocycles. The van der Waals surface area contributed by atoms with Crippen LogP contribution in [-0.4, -0.2) is 63.5 Å². The number of carbonyl (C=O) groups excluding carboxylic acids is 1. The molecule has 1 N–H and O–H groups in total. The molecule has 2 bridgehead atoms. The van der Waals surface area contributed by atoms with E-state index in [-0.39, 0.29) is 41.5 Å². The summed E-state index contributed by atoms with van der Waals surface area (Å²) in [4.78, 5) is 19.6. The number of aliphatic hydroxyl groups excluding tert-OH is 1. The van der Waals surface area contributed by atoms with Gasteiger partial charge in [-0.05, 0) is 49.4 Å². The van der Waals surface area contributed by atoms with E-state index in [1.807, 2.05) is 4.90 Å². The summed E-state index contributed by atoms with van der Waals surface area (Å²) >= 11 is 0. The lowest BCUT2D eigenvalue weighted by atomic mass is 9.99. The fraction of sp³-hybridized carbons (Fsp3) is 0.435. The van der Waals surface area contributed by atoms with Crippen molar-refractivity contribution in [3.8, 4) is 0 Å². The van der Waals surface area contributed by atoms with Gasteiger partial charge in [-0.3, -0.25) is 9.78 Å². The molecule has 33 heavy (non-hydrogen) atoms. The summed E-state index contributed by atoms with van der Waals surface area (Å²) in [6.07, 6.45) is 5.55. The minimum Gasteiger partial charge on any atom is -0.393 e. The number of amides is 1. The molecular weight excluding hydrogens is 447 g/mol. The number of fused-ring (bicyclic) bond motifs is 3. The van der Waals surface area contributed by atoms with Gasteiger partial charge in [-0.15, -0.1) is 0 Å². The maximum Gasteiger partial charge on any atom is 0.273 e. The van der Waals surface area contributed by atoms with E-state index in [4.69, 9.17) is 0 Å². The van der Waals surface area contributed by atoms with Crippen molar-refractivity contribution in [2.24, 2.45) is 0 Å². The van der Waals surface area contributed by atoms with Crippen LogP contribution in [0.25, 0.3) is 10.9 Å². The summed E-state index contributed by atoms with van der Waals surface area (Å²) in [5, 5.41) is 15.2. The molecule has 2 fully saturated rings. The van der Waals surface area contributed by atoms with E-state index in [1.54, 1.807) is 24.4 Å². The van der Waals surface area contributed by atoms with Crippen molar-refractivity contribution in [3.63, 3.8) is 0 Å². The van der Waals surface area contributed by atoms with E-state index >= 15 is 0 Å². The van der Waals surface area contributed by atoms with E-state index in [1.165, 1.54) is 16.8 Å². The van der Waals surface area contributed by atoms with Crippen molar-refractivity contribution in [2.75, 3.05) is 6.26 Å². The molecular formula is C23H25FN4O4S. The molecule has 0 spiro atoms. The molecule has 10 heteroatoms. The molecule has 3 aromatic rings. The topological polar surface area (TPSA) is 105 Å². The van der Waals surface area contributed by atoms with Crippen LogP contribution in [0.2, 0.25) is 0 Å². The number of aliphatic hydroxyl groups is 1. The van der Waals surface area contributed by atoms with E-state index < -0.39 is 9.84 Å². The number of aromatic nitrogens is 3. The van der Waals surface area contributed by atoms with Crippen LogP contribution in [0.1, 0.15) is 47.4 Å². The quantitative estimate of drug-likeness (QED) is 0.611. The monoisotopic (exact) mass is 472 g/mol. The third-order valence-electron chi connectivity index (χ3n) is 6.52. The number of nitrogens with zero attached hydrogens (tertiary/aromatic N) is 4. The second-order valence-electron chi connectivity index (χ2n) is 9.11. The maximum atomic E-state index is 13.3. The number of benzene rings is 1. The van der Waals surface area contributed by atoms with Crippen LogP contribution in [0, 0.1) is 5.82 Å². The van der Waals surface area contributed by atoms with E-state index in [0.717, 1.165) is 24.7 Å². The second kappa shape index (κ2) is 8.18. The van der Waals surface area contributed by atoms with E-state index in [2.05, 4.69) is 10.1 Å². The standard InChI is InChI=1S/C23H25FN4O4S/c1-33(31,32)13-27-22-11-21(23(30)28-16-6-7-17(28)10-18(29)9-16)25-12-19(22)20(26-27)8-14-2-4-15(24)5-3-14/h2-5,11-12,16-18,29H,6-10,13H2,1H3. The number of carbonyl (C=O) groups is 1. The van der Waals surface area contributed by atoms with Gasteiger partial charge < -0.3 is 10.0 Å². The predicted octanol–water partition coefficient (Wildman–Crippen LogP) is 2.29. The fourth-order valence-electron chi connectivity index (χ4n) is 5.11. The van der Waals surface area contributed by atoms with Crippen LogP contribution in [0.3, 0.4) is 0 Å². The molecule has 0 saturated carbocycles. The molecule has 2 atom stereocenters. The second-order valence-corrected chi connectivity index (χ2v) is 11.2. The summed E-state index contributed by atoms with van der Waals surface area (Å²) in [5.74, 6) is -0.871. The summed E-state index contributed by atoms with van der Waals surface area (Å²) in [7, 11) is -3.39. The minimum absolute atomic E-state index is 0.00119.